The van der Waals surface area contributed by atoms with Crippen molar-refractivity contribution in [1.29, 1.82) is 0 Å². The summed E-state index contributed by atoms with van der Waals surface area (Å²) in [6.07, 6.45) is -0.228. The van der Waals surface area contributed by atoms with Crippen molar-refractivity contribution in [2.75, 3.05) is 26.8 Å². The molecule has 0 N–H and O–H groups in total. The number of para-hydroxylation sites is 2. The molecule has 6 heteroatoms. The zero-order valence-corrected chi connectivity index (χ0v) is 14.8. The van der Waals surface area contributed by atoms with E-state index in [1.807, 2.05) is 24.3 Å². The van der Waals surface area contributed by atoms with Crippen LogP contribution in [0.3, 0.4) is 0 Å². The van der Waals surface area contributed by atoms with Gasteiger partial charge in [-0.15, -0.1) is 0 Å². The fraction of sp³-hybridized carbons (Fsp3) is 0.300. The highest BCUT2D eigenvalue weighted by molar-refractivity contribution is 5.94. The van der Waals surface area contributed by atoms with E-state index in [1.54, 1.807) is 36.2 Å². The number of fused-ring (bicyclic) bond motifs is 1. The lowest BCUT2D eigenvalue weighted by Crippen LogP contribution is -2.43. The Labute approximate surface area is 152 Å². The van der Waals surface area contributed by atoms with Crippen LogP contribution in [-0.2, 0) is 4.79 Å². The molecule has 0 bridgehead atoms. The van der Waals surface area contributed by atoms with Crippen molar-refractivity contribution < 1.29 is 23.8 Å². The lowest BCUT2D eigenvalue weighted by molar-refractivity contribution is -0.133. The van der Waals surface area contributed by atoms with E-state index in [-0.39, 0.29) is 24.4 Å². The third-order valence-electron chi connectivity index (χ3n) is 4.09. The predicted molar refractivity (Wildman–Crippen MR) is 95.9 cm³/mol. The highest BCUT2D eigenvalue weighted by Crippen LogP contribution is 2.30. The van der Waals surface area contributed by atoms with Crippen LogP contribution in [0.4, 0.5) is 0 Å². The van der Waals surface area contributed by atoms with Gasteiger partial charge in [-0.05, 0) is 43.3 Å². The molecule has 0 aliphatic carbocycles. The van der Waals surface area contributed by atoms with Crippen molar-refractivity contribution in [3.63, 3.8) is 0 Å². The average molecular weight is 355 g/mol. The van der Waals surface area contributed by atoms with Gasteiger partial charge in [0.05, 0.1) is 6.54 Å². The Balaban J connectivity index is 1.48. The highest BCUT2D eigenvalue weighted by Gasteiger charge is 2.23. The minimum Gasteiger partial charge on any atom is -0.486 e. The van der Waals surface area contributed by atoms with Gasteiger partial charge in [-0.1, -0.05) is 12.1 Å². The summed E-state index contributed by atoms with van der Waals surface area (Å²) in [5.41, 5.74) is 0.607. The zero-order valence-electron chi connectivity index (χ0n) is 14.8. The Morgan fingerprint density at radius 3 is 2.50 bits per heavy atom. The standard InChI is InChI=1S/C20H21NO5/c1-14(22)15-7-9-16(10-8-15)24-13-20(23)21(2)11-17-12-25-18-5-3-4-6-19(18)26-17/h3-10,17H,11-13H2,1-2H3/t17-/m1/s1. The van der Waals surface area contributed by atoms with Crippen LogP contribution in [0.1, 0.15) is 17.3 Å². The summed E-state index contributed by atoms with van der Waals surface area (Å²) < 4.78 is 17.0. The molecule has 0 radical (unpaired) electrons. The van der Waals surface area contributed by atoms with Crippen LogP contribution in [0.2, 0.25) is 0 Å². The third kappa shape index (κ3) is 4.33. The quantitative estimate of drug-likeness (QED) is 0.745. The molecular weight excluding hydrogens is 334 g/mol. The lowest BCUT2D eigenvalue weighted by Gasteiger charge is -2.29. The Kier molecular flexibility index (Phi) is 5.41. The van der Waals surface area contributed by atoms with E-state index < -0.39 is 0 Å². The van der Waals surface area contributed by atoms with Gasteiger partial charge in [-0.2, -0.15) is 0 Å². The molecule has 2 aromatic rings. The topological polar surface area (TPSA) is 65.1 Å². The summed E-state index contributed by atoms with van der Waals surface area (Å²) in [4.78, 5) is 25.1. The van der Waals surface area contributed by atoms with E-state index >= 15 is 0 Å². The van der Waals surface area contributed by atoms with Crippen LogP contribution < -0.4 is 14.2 Å². The second-order valence-electron chi connectivity index (χ2n) is 6.14. The number of benzene rings is 2. The average Bonchev–Trinajstić information content (AvgIpc) is 2.66. The summed E-state index contributed by atoms with van der Waals surface area (Å²) in [5.74, 6) is 1.77. The number of hydrogen-bond donors (Lipinski definition) is 0. The lowest BCUT2D eigenvalue weighted by atomic mass is 10.1. The first-order valence-corrected chi connectivity index (χ1v) is 8.39. The second kappa shape index (κ2) is 7.91. The Hall–Kier alpha value is -3.02. The molecule has 26 heavy (non-hydrogen) atoms. The van der Waals surface area contributed by atoms with Crippen molar-refractivity contribution >= 4 is 11.7 Å². The van der Waals surface area contributed by atoms with E-state index in [2.05, 4.69) is 0 Å². The Morgan fingerprint density at radius 2 is 1.81 bits per heavy atom. The van der Waals surface area contributed by atoms with Crippen molar-refractivity contribution in [3.8, 4) is 17.2 Å². The number of carbonyl (C=O) groups is 2. The molecule has 1 aliphatic heterocycles. The molecule has 0 saturated heterocycles. The first kappa shape index (κ1) is 17.8. The maximum Gasteiger partial charge on any atom is 0.260 e. The minimum atomic E-state index is -0.228. The van der Waals surface area contributed by atoms with Gasteiger partial charge in [-0.3, -0.25) is 9.59 Å². The molecule has 6 nitrogen and oxygen atoms in total. The molecule has 1 aliphatic rings. The molecular formula is C20H21NO5. The van der Waals surface area contributed by atoms with E-state index in [1.165, 1.54) is 6.92 Å². The molecule has 1 heterocycles. The second-order valence-corrected chi connectivity index (χ2v) is 6.14. The number of hydrogen-bond acceptors (Lipinski definition) is 5. The molecule has 2 aromatic carbocycles. The van der Waals surface area contributed by atoms with Gasteiger partial charge in [-0.25, -0.2) is 0 Å². The fourth-order valence-corrected chi connectivity index (χ4v) is 2.60. The smallest absolute Gasteiger partial charge is 0.260 e. The Bertz CT molecular complexity index is 787. The molecule has 0 aromatic heterocycles. The largest absolute Gasteiger partial charge is 0.486 e. The van der Waals surface area contributed by atoms with Gasteiger partial charge in [0.2, 0.25) is 0 Å². The van der Waals surface area contributed by atoms with Gasteiger partial charge in [0.15, 0.2) is 30.0 Å². The van der Waals surface area contributed by atoms with Gasteiger partial charge in [0.1, 0.15) is 12.4 Å². The molecule has 1 amide bonds. The SMILES string of the molecule is CC(=O)c1ccc(OCC(=O)N(C)C[C@@H]2COc3ccccc3O2)cc1. The summed E-state index contributed by atoms with van der Waals surface area (Å²) in [5, 5.41) is 0. The van der Waals surface area contributed by atoms with Crippen LogP contribution in [0.5, 0.6) is 17.2 Å². The maximum absolute atomic E-state index is 12.3. The number of likely N-dealkylation sites (N-methyl/N-ethyl adjacent to an activating group) is 1. The zero-order chi connectivity index (χ0) is 18.5. The summed E-state index contributed by atoms with van der Waals surface area (Å²) in [6.45, 7) is 2.21. The molecule has 0 unspecified atom stereocenters. The van der Waals surface area contributed by atoms with Crippen LogP contribution in [0.15, 0.2) is 48.5 Å². The Morgan fingerprint density at radius 1 is 1.12 bits per heavy atom. The van der Waals surface area contributed by atoms with E-state index in [9.17, 15) is 9.59 Å². The van der Waals surface area contributed by atoms with Gasteiger partial charge < -0.3 is 19.1 Å². The number of carbonyl (C=O) groups excluding carboxylic acids is 2. The van der Waals surface area contributed by atoms with Gasteiger partial charge >= 0.3 is 0 Å². The number of ketones is 1. The predicted octanol–water partition coefficient (Wildman–Crippen LogP) is 2.57. The summed E-state index contributed by atoms with van der Waals surface area (Å²) in [7, 11) is 1.70. The van der Waals surface area contributed by atoms with Crippen LogP contribution in [0, 0.1) is 0 Å². The van der Waals surface area contributed by atoms with Crippen LogP contribution in [-0.4, -0.2) is 49.5 Å². The number of amides is 1. The summed E-state index contributed by atoms with van der Waals surface area (Å²) in [6, 6.07) is 14.2. The number of nitrogens with zero attached hydrogens (tertiary/aromatic N) is 1. The summed E-state index contributed by atoms with van der Waals surface area (Å²) >= 11 is 0. The van der Waals surface area contributed by atoms with E-state index in [0.717, 1.165) is 5.75 Å². The first-order chi connectivity index (χ1) is 12.5. The minimum absolute atomic E-state index is 0.0105. The molecule has 1 atom stereocenters. The highest BCUT2D eigenvalue weighted by atomic mass is 16.6. The third-order valence-corrected chi connectivity index (χ3v) is 4.09. The van der Waals surface area contributed by atoms with Crippen molar-refractivity contribution in [2.45, 2.75) is 13.0 Å². The van der Waals surface area contributed by atoms with E-state index in [4.69, 9.17) is 14.2 Å². The number of ether oxygens (including phenoxy) is 3. The van der Waals surface area contributed by atoms with Crippen molar-refractivity contribution in [2.24, 2.45) is 0 Å². The molecule has 0 saturated carbocycles. The fourth-order valence-electron chi connectivity index (χ4n) is 2.60. The molecule has 3 rings (SSSR count). The number of rotatable bonds is 6. The maximum atomic E-state index is 12.3. The van der Waals surface area contributed by atoms with Gasteiger partial charge in [0.25, 0.3) is 5.91 Å². The van der Waals surface area contributed by atoms with Crippen LogP contribution in [0.25, 0.3) is 0 Å². The van der Waals surface area contributed by atoms with E-state index in [0.29, 0.717) is 30.2 Å². The van der Waals surface area contributed by atoms with Crippen LogP contribution >= 0.6 is 0 Å². The van der Waals surface area contributed by atoms with Crippen molar-refractivity contribution in [3.05, 3.63) is 54.1 Å². The van der Waals surface area contributed by atoms with Crippen molar-refractivity contribution in [1.82, 2.24) is 4.90 Å². The monoisotopic (exact) mass is 355 g/mol. The molecule has 136 valence electrons. The molecule has 0 spiro atoms. The van der Waals surface area contributed by atoms with Gasteiger partial charge in [0, 0.05) is 12.6 Å². The normalized spacial score (nSPS) is 15.2. The number of Topliss-reactive ketones (excluding diaryl/α,β-unsaturated/α-hetero) is 1. The first-order valence-electron chi connectivity index (χ1n) is 8.39. The molecule has 0 fully saturated rings.